The Bertz CT molecular complexity index is 999. The van der Waals surface area contributed by atoms with Crippen LogP contribution >= 0.6 is 0 Å². The van der Waals surface area contributed by atoms with Crippen molar-refractivity contribution in [3.63, 3.8) is 0 Å². The highest BCUT2D eigenvalue weighted by Gasteiger charge is 2.38. The van der Waals surface area contributed by atoms with Crippen LogP contribution in [0.2, 0.25) is 0 Å². The van der Waals surface area contributed by atoms with E-state index >= 15 is 0 Å². The molecule has 2 aliphatic heterocycles. The van der Waals surface area contributed by atoms with E-state index in [-0.39, 0.29) is 34.9 Å². The zero-order valence-corrected chi connectivity index (χ0v) is 17.7. The molecule has 2 amide bonds. The zero-order valence-electron chi connectivity index (χ0n) is 17.7. The van der Waals surface area contributed by atoms with Crippen LogP contribution in [0.3, 0.4) is 0 Å². The van der Waals surface area contributed by atoms with E-state index in [1.807, 2.05) is 50.4 Å². The number of aryl methyl sites for hydroxylation is 3. The maximum Gasteiger partial charge on any atom is 0.263 e. The van der Waals surface area contributed by atoms with Gasteiger partial charge in [0, 0.05) is 38.9 Å². The van der Waals surface area contributed by atoms with Crippen molar-refractivity contribution >= 4 is 11.8 Å². The first kappa shape index (κ1) is 20.4. The molecular weight excluding hydrogens is 378 g/mol. The molecule has 6 heteroatoms. The van der Waals surface area contributed by atoms with Gasteiger partial charge in [0.05, 0.1) is 5.92 Å². The number of hydrogen-bond donors (Lipinski definition) is 0. The average Bonchev–Trinajstić information content (AvgIpc) is 2.92. The molecule has 30 heavy (non-hydrogen) atoms. The summed E-state index contributed by atoms with van der Waals surface area (Å²) in [5.74, 6) is -0.291. The highest BCUT2D eigenvalue weighted by Crippen LogP contribution is 2.27. The number of amides is 2. The molecule has 1 aromatic heterocycles. The number of aromatic nitrogens is 1. The number of rotatable bonds is 4. The number of hydrogen-bond acceptors (Lipinski definition) is 3. The van der Waals surface area contributed by atoms with Gasteiger partial charge in [0.2, 0.25) is 5.91 Å². The normalized spacial score (nSPS) is 21.5. The molecule has 2 aliphatic rings. The van der Waals surface area contributed by atoms with Gasteiger partial charge in [-0.15, -0.1) is 0 Å². The van der Waals surface area contributed by atoms with E-state index in [9.17, 15) is 14.4 Å². The number of likely N-dealkylation sites (N-methyl/N-ethyl adjacent to an activating group) is 1. The minimum atomic E-state index is -0.245. The lowest BCUT2D eigenvalue weighted by atomic mass is 9.98. The molecule has 2 saturated heterocycles. The SMILES string of the molecule is Cc1ccn(CCc2ccccc2)c(=O)c1C(=O)N1C[C@H]2CCC[C@@H](C1)N(C)C2=O. The van der Waals surface area contributed by atoms with Crippen LogP contribution in [0.1, 0.15) is 40.7 Å². The minimum absolute atomic E-state index is 0.0262. The quantitative estimate of drug-likeness (QED) is 0.782. The number of likely N-dealkylation sites (tertiary alicyclic amines) is 1. The summed E-state index contributed by atoms with van der Waals surface area (Å²) >= 11 is 0. The van der Waals surface area contributed by atoms with Gasteiger partial charge in [-0.25, -0.2) is 0 Å². The second-order valence-electron chi connectivity index (χ2n) is 8.55. The summed E-state index contributed by atoms with van der Waals surface area (Å²) in [7, 11) is 1.84. The van der Waals surface area contributed by atoms with Crippen molar-refractivity contribution in [2.24, 2.45) is 5.92 Å². The molecule has 4 rings (SSSR count). The van der Waals surface area contributed by atoms with Crippen LogP contribution in [0.25, 0.3) is 0 Å². The van der Waals surface area contributed by atoms with E-state index in [0.717, 1.165) is 31.2 Å². The van der Waals surface area contributed by atoms with Crippen LogP contribution in [-0.4, -0.2) is 52.4 Å². The van der Waals surface area contributed by atoms with Crippen molar-refractivity contribution in [3.05, 3.63) is 69.6 Å². The number of carbonyl (C=O) groups is 2. The van der Waals surface area contributed by atoms with Crippen LogP contribution < -0.4 is 5.56 Å². The van der Waals surface area contributed by atoms with Crippen molar-refractivity contribution < 1.29 is 9.59 Å². The van der Waals surface area contributed by atoms with Gasteiger partial charge >= 0.3 is 0 Å². The monoisotopic (exact) mass is 407 g/mol. The van der Waals surface area contributed by atoms with E-state index in [1.54, 1.807) is 20.6 Å². The Morgan fingerprint density at radius 2 is 1.83 bits per heavy atom. The van der Waals surface area contributed by atoms with Gasteiger partial charge in [-0.1, -0.05) is 36.8 Å². The number of pyridine rings is 1. The number of benzene rings is 1. The molecule has 0 saturated carbocycles. The molecule has 0 radical (unpaired) electrons. The molecule has 2 atom stereocenters. The Hall–Kier alpha value is -2.89. The molecular formula is C24H29N3O3. The minimum Gasteiger partial charge on any atom is -0.341 e. The molecule has 0 N–H and O–H groups in total. The zero-order chi connectivity index (χ0) is 21.3. The molecule has 2 fully saturated rings. The van der Waals surface area contributed by atoms with Gasteiger partial charge in [-0.2, -0.15) is 0 Å². The smallest absolute Gasteiger partial charge is 0.263 e. The fraction of sp³-hybridized carbons (Fsp3) is 0.458. The first-order chi connectivity index (χ1) is 14.5. The van der Waals surface area contributed by atoms with E-state index in [2.05, 4.69) is 0 Å². The van der Waals surface area contributed by atoms with E-state index in [1.165, 1.54) is 0 Å². The third kappa shape index (κ3) is 3.91. The van der Waals surface area contributed by atoms with E-state index in [4.69, 9.17) is 0 Å². The fourth-order valence-electron chi connectivity index (χ4n) is 4.68. The van der Waals surface area contributed by atoms with Crippen molar-refractivity contribution in [3.8, 4) is 0 Å². The summed E-state index contributed by atoms with van der Waals surface area (Å²) in [6.45, 7) is 3.23. The molecule has 1 aromatic carbocycles. The lowest BCUT2D eigenvalue weighted by molar-refractivity contribution is -0.134. The summed E-state index contributed by atoms with van der Waals surface area (Å²) in [6.07, 6.45) is 5.21. The standard InChI is InChI=1S/C24H29N3O3/c1-17-11-13-26(14-12-18-7-4-3-5-8-18)23(29)21(17)24(30)27-15-19-9-6-10-20(16-27)25(2)22(19)28/h3-5,7-8,11,13,19-20H,6,9-10,12,14-16H2,1-2H3/t19-,20+/m1/s1. The van der Waals surface area contributed by atoms with Crippen LogP contribution in [0.4, 0.5) is 0 Å². The molecule has 2 bridgehead atoms. The van der Waals surface area contributed by atoms with Gasteiger partial charge in [0.25, 0.3) is 11.5 Å². The Morgan fingerprint density at radius 3 is 2.60 bits per heavy atom. The predicted molar refractivity (Wildman–Crippen MR) is 115 cm³/mol. The maximum atomic E-state index is 13.4. The average molecular weight is 408 g/mol. The Kier molecular flexibility index (Phi) is 5.75. The first-order valence-electron chi connectivity index (χ1n) is 10.8. The summed E-state index contributed by atoms with van der Waals surface area (Å²) in [5.41, 5.74) is 1.83. The molecule has 6 nitrogen and oxygen atoms in total. The number of carbonyl (C=O) groups excluding carboxylic acids is 2. The van der Waals surface area contributed by atoms with Crippen LogP contribution in [-0.2, 0) is 17.8 Å². The van der Waals surface area contributed by atoms with Crippen LogP contribution in [0.15, 0.2) is 47.4 Å². The highest BCUT2D eigenvalue weighted by molar-refractivity contribution is 5.96. The Labute approximate surface area is 177 Å². The highest BCUT2D eigenvalue weighted by atomic mass is 16.2. The Balaban J connectivity index is 1.59. The summed E-state index contributed by atoms with van der Waals surface area (Å²) in [5, 5.41) is 0. The van der Waals surface area contributed by atoms with Gasteiger partial charge in [-0.05, 0) is 43.4 Å². The number of fused-ring (bicyclic) bond motifs is 3. The third-order valence-electron chi connectivity index (χ3n) is 6.57. The second kappa shape index (κ2) is 8.46. The molecule has 0 spiro atoms. The van der Waals surface area contributed by atoms with E-state index < -0.39 is 0 Å². The van der Waals surface area contributed by atoms with Crippen molar-refractivity contribution in [2.45, 2.75) is 45.2 Å². The fourth-order valence-corrected chi connectivity index (χ4v) is 4.68. The molecule has 0 unspecified atom stereocenters. The van der Waals surface area contributed by atoms with Gasteiger partial charge in [-0.3, -0.25) is 14.4 Å². The second-order valence-corrected chi connectivity index (χ2v) is 8.55. The van der Waals surface area contributed by atoms with Gasteiger partial charge < -0.3 is 14.4 Å². The molecule has 158 valence electrons. The van der Waals surface area contributed by atoms with Crippen molar-refractivity contribution in [1.82, 2.24) is 14.4 Å². The number of nitrogens with zero attached hydrogens (tertiary/aromatic N) is 3. The lowest BCUT2D eigenvalue weighted by Crippen LogP contribution is -2.44. The lowest BCUT2D eigenvalue weighted by Gasteiger charge is -2.29. The maximum absolute atomic E-state index is 13.4. The van der Waals surface area contributed by atoms with E-state index in [0.29, 0.717) is 25.2 Å². The summed E-state index contributed by atoms with van der Waals surface area (Å²) < 4.78 is 1.63. The molecule has 0 aliphatic carbocycles. The Morgan fingerprint density at radius 1 is 1.07 bits per heavy atom. The topological polar surface area (TPSA) is 62.6 Å². The van der Waals surface area contributed by atoms with Crippen LogP contribution in [0.5, 0.6) is 0 Å². The van der Waals surface area contributed by atoms with Gasteiger partial charge in [0.15, 0.2) is 0 Å². The predicted octanol–water partition coefficient (Wildman–Crippen LogP) is 2.48. The van der Waals surface area contributed by atoms with Crippen molar-refractivity contribution in [2.75, 3.05) is 20.1 Å². The summed E-state index contributed by atoms with van der Waals surface area (Å²) in [4.78, 5) is 42.8. The van der Waals surface area contributed by atoms with Gasteiger partial charge in [0.1, 0.15) is 5.56 Å². The van der Waals surface area contributed by atoms with Crippen molar-refractivity contribution in [1.29, 1.82) is 0 Å². The third-order valence-corrected chi connectivity index (χ3v) is 6.57. The summed E-state index contributed by atoms with van der Waals surface area (Å²) in [6, 6.07) is 11.9. The molecule has 2 aromatic rings. The molecule has 3 heterocycles. The largest absolute Gasteiger partial charge is 0.341 e. The van der Waals surface area contributed by atoms with Crippen LogP contribution in [0, 0.1) is 12.8 Å². The first-order valence-corrected chi connectivity index (χ1v) is 10.8.